The summed E-state index contributed by atoms with van der Waals surface area (Å²) in [5.74, 6) is 0.0378. The summed E-state index contributed by atoms with van der Waals surface area (Å²) in [5.41, 5.74) is 5.83. The summed E-state index contributed by atoms with van der Waals surface area (Å²) in [5, 5.41) is 2.48. The van der Waals surface area contributed by atoms with Crippen LogP contribution in [0.25, 0.3) is 0 Å². The van der Waals surface area contributed by atoms with E-state index in [0.717, 1.165) is 0 Å². The van der Waals surface area contributed by atoms with Crippen LogP contribution in [-0.2, 0) is 4.79 Å². The number of carbonyl (C=O) groups excluding carboxylic acids is 1. The van der Waals surface area contributed by atoms with Crippen molar-refractivity contribution < 1.29 is 4.79 Å². The van der Waals surface area contributed by atoms with E-state index in [1.807, 2.05) is 0 Å². The molecule has 0 spiro atoms. The highest BCUT2D eigenvalue weighted by Gasteiger charge is 2.02. The number of nitrogens with two attached hydrogens (primary N) is 1. The highest BCUT2D eigenvalue weighted by Crippen LogP contribution is 1.99. The highest BCUT2D eigenvalue weighted by atomic mass is 16.1. The van der Waals surface area contributed by atoms with Crippen LogP contribution in [0.5, 0.6) is 0 Å². The molecule has 4 nitrogen and oxygen atoms in total. The average Bonchev–Trinajstić information content (AvgIpc) is 2.12. The maximum atomic E-state index is 11.1. The van der Waals surface area contributed by atoms with Crippen molar-refractivity contribution in [3.63, 3.8) is 0 Å². The Morgan fingerprint density at radius 3 is 2.58 bits per heavy atom. The Morgan fingerprint density at radius 2 is 2.25 bits per heavy atom. The quantitative estimate of drug-likeness (QED) is 0.357. The smallest absolute Gasteiger partial charge is 0.250 e. The molecule has 0 aromatic rings. The number of hydrogen-bond donors (Lipinski definition) is 2. The van der Waals surface area contributed by atoms with Gasteiger partial charge in [-0.25, -0.2) is 4.99 Å². The molecule has 0 atom stereocenters. The van der Waals surface area contributed by atoms with E-state index in [1.165, 1.54) is 6.08 Å². The van der Waals surface area contributed by atoms with E-state index in [2.05, 4.69) is 17.0 Å². The molecule has 1 amide bonds. The molecule has 0 saturated heterocycles. The lowest BCUT2D eigenvalue weighted by atomic mass is 10.2. The summed E-state index contributed by atoms with van der Waals surface area (Å²) >= 11 is 0. The fraction of sp³-hybridized carbons (Fsp3) is 0.250. The van der Waals surface area contributed by atoms with Gasteiger partial charge in [-0.1, -0.05) is 6.08 Å². The number of rotatable bonds is 3. The zero-order valence-electron chi connectivity index (χ0n) is 7.29. The largest absolute Gasteiger partial charge is 0.384 e. The molecule has 0 aliphatic heterocycles. The van der Waals surface area contributed by atoms with E-state index in [0.29, 0.717) is 5.57 Å². The van der Waals surface area contributed by atoms with Gasteiger partial charge < -0.3 is 11.1 Å². The summed E-state index contributed by atoms with van der Waals surface area (Å²) in [6.07, 6.45) is 3.11. The SMILES string of the molecule is C=N/C(N)=C\C(=C/C)C(=O)NC. The lowest BCUT2D eigenvalue weighted by Gasteiger charge is -1.99. The van der Waals surface area contributed by atoms with Crippen LogP contribution in [0.3, 0.4) is 0 Å². The van der Waals surface area contributed by atoms with Gasteiger partial charge in [-0.05, 0) is 19.7 Å². The molecule has 4 heteroatoms. The molecule has 0 aliphatic rings. The fourth-order valence-corrected chi connectivity index (χ4v) is 0.629. The maximum absolute atomic E-state index is 11.1. The average molecular weight is 167 g/mol. The standard InChI is InChI=1S/C8H13N3O/c1-4-6(8(12)11-3)5-7(9)10-2/h4-5H,2,9H2,1,3H3,(H,11,12)/b6-4+,7-5-. The monoisotopic (exact) mass is 167 g/mol. The first kappa shape index (κ1) is 10.4. The first-order valence-corrected chi connectivity index (χ1v) is 3.48. The second-order valence-electron chi connectivity index (χ2n) is 2.05. The van der Waals surface area contributed by atoms with Crippen LogP contribution >= 0.6 is 0 Å². The molecule has 0 aromatic carbocycles. The fourth-order valence-electron chi connectivity index (χ4n) is 0.629. The van der Waals surface area contributed by atoms with Crippen molar-refractivity contribution in [1.82, 2.24) is 5.32 Å². The molecule has 0 bridgehead atoms. The van der Waals surface area contributed by atoms with Crippen LogP contribution in [0, 0.1) is 0 Å². The van der Waals surface area contributed by atoms with Crippen LogP contribution in [0.1, 0.15) is 6.92 Å². The van der Waals surface area contributed by atoms with Crippen molar-refractivity contribution in [2.45, 2.75) is 6.92 Å². The van der Waals surface area contributed by atoms with E-state index >= 15 is 0 Å². The Labute approximate surface area is 71.9 Å². The molecule has 0 aliphatic carbocycles. The van der Waals surface area contributed by atoms with Gasteiger partial charge in [-0.2, -0.15) is 0 Å². The van der Waals surface area contributed by atoms with Gasteiger partial charge in [0.05, 0.1) is 0 Å². The zero-order chi connectivity index (χ0) is 9.56. The minimum absolute atomic E-state index is 0.191. The Kier molecular flexibility index (Phi) is 4.45. The number of allylic oxidation sites excluding steroid dienone is 1. The highest BCUT2D eigenvalue weighted by molar-refractivity contribution is 5.95. The van der Waals surface area contributed by atoms with E-state index in [9.17, 15) is 4.79 Å². The minimum Gasteiger partial charge on any atom is -0.384 e. The number of likely N-dealkylation sites (N-methyl/N-ethyl adjacent to an activating group) is 1. The van der Waals surface area contributed by atoms with Crippen LogP contribution in [-0.4, -0.2) is 19.7 Å². The first-order chi connectivity index (χ1) is 5.65. The summed E-state index contributed by atoms with van der Waals surface area (Å²) in [6.45, 7) is 4.98. The van der Waals surface area contributed by atoms with Crippen molar-refractivity contribution >= 4 is 12.6 Å². The van der Waals surface area contributed by atoms with Crippen LogP contribution in [0.4, 0.5) is 0 Å². The van der Waals surface area contributed by atoms with E-state index < -0.39 is 0 Å². The predicted molar refractivity (Wildman–Crippen MR) is 49.6 cm³/mol. The molecule has 3 N–H and O–H groups in total. The summed E-state index contributed by atoms with van der Waals surface area (Å²) < 4.78 is 0. The Morgan fingerprint density at radius 1 is 1.67 bits per heavy atom. The van der Waals surface area contributed by atoms with Crippen molar-refractivity contribution in [1.29, 1.82) is 0 Å². The molecular weight excluding hydrogens is 154 g/mol. The molecule has 12 heavy (non-hydrogen) atoms. The van der Waals surface area contributed by atoms with Gasteiger partial charge in [0.2, 0.25) is 0 Å². The molecule has 0 radical (unpaired) electrons. The van der Waals surface area contributed by atoms with Gasteiger partial charge in [0, 0.05) is 12.6 Å². The molecule has 0 heterocycles. The van der Waals surface area contributed by atoms with Gasteiger partial charge >= 0.3 is 0 Å². The van der Waals surface area contributed by atoms with Crippen LogP contribution in [0.15, 0.2) is 28.5 Å². The summed E-state index contributed by atoms with van der Waals surface area (Å²) in [6, 6.07) is 0. The molecule has 0 saturated carbocycles. The van der Waals surface area contributed by atoms with E-state index in [1.54, 1.807) is 20.0 Å². The van der Waals surface area contributed by atoms with E-state index in [-0.39, 0.29) is 11.7 Å². The number of nitrogens with one attached hydrogen (secondary N) is 1. The molecule has 0 unspecified atom stereocenters. The molecule has 0 rings (SSSR count). The normalized spacial score (nSPS) is 12.5. The van der Waals surface area contributed by atoms with Crippen molar-refractivity contribution in [3.05, 3.63) is 23.5 Å². The minimum atomic E-state index is -0.191. The topological polar surface area (TPSA) is 67.5 Å². The third-order valence-corrected chi connectivity index (χ3v) is 1.29. The maximum Gasteiger partial charge on any atom is 0.250 e. The van der Waals surface area contributed by atoms with Crippen LogP contribution < -0.4 is 11.1 Å². The van der Waals surface area contributed by atoms with Crippen molar-refractivity contribution in [3.8, 4) is 0 Å². The van der Waals surface area contributed by atoms with Gasteiger partial charge in [0.25, 0.3) is 5.91 Å². The number of amides is 1. The third-order valence-electron chi connectivity index (χ3n) is 1.29. The third kappa shape index (κ3) is 3.01. The van der Waals surface area contributed by atoms with Crippen molar-refractivity contribution in [2.75, 3.05) is 7.05 Å². The summed E-state index contributed by atoms with van der Waals surface area (Å²) in [7, 11) is 1.55. The Bertz CT molecular complexity index is 241. The molecule has 0 fully saturated rings. The Balaban J connectivity index is 4.61. The van der Waals surface area contributed by atoms with Gasteiger partial charge in [0.15, 0.2) is 0 Å². The second kappa shape index (κ2) is 5.12. The van der Waals surface area contributed by atoms with E-state index in [4.69, 9.17) is 5.73 Å². The first-order valence-electron chi connectivity index (χ1n) is 3.48. The lowest BCUT2D eigenvalue weighted by molar-refractivity contribution is -0.116. The predicted octanol–water partition coefficient (Wildman–Crippen LogP) is 0.179. The van der Waals surface area contributed by atoms with Gasteiger partial charge in [-0.3, -0.25) is 4.79 Å². The number of carbonyl (C=O) groups is 1. The van der Waals surface area contributed by atoms with Gasteiger partial charge in [-0.15, -0.1) is 0 Å². The molecule has 66 valence electrons. The number of hydrogen-bond acceptors (Lipinski definition) is 3. The lowest BCUT2D eigenvalue weighted by Crippen LogP contribution is -2.19. The number of nitrogens with zero attached hydrogens (tertiary/aromatic N) is 1. The van der Waals surface area contributed by atoms with Crippen LogP contribution in [0.2, 0.25) is 0 Å². The Hall–Kier alpha value is -1.58. The molecule has 0 aromatic heterocycles. The number of aliphatic imine (C=N–C) groups is 1. The summed E-state index contributed by atoms with van der Waals surface area (Å²) in [4.78, 5) is 14.5. The molecular formula is C8H13N3O. The zero-order valence-corrected chi connectivity index (χ0v) is 7.29. The van der Waals surface area contributed by atoms with Crippen molar-refractivity contribution in [2.24, 2.45) is 10.7 Å². The van der Waals surface area contributed by atoms with Gasteiger partial charge in [0.1, 0.15) is 5.82 Å². The second-order valence-corrected chi connectivity index (χ2v) is 2.05.